The van der Waals surface area contributed by atoms with Gasteiger partial charge in [-0.3, -0.25) is 14.4 Å². The van der Waals surface area contributed by atoms with Crippen molar-refractivity contribution in [2.75, 3.05) is 6.61 Å². The number of carbonyl (C=O) groups excluding carboxylic acids is 3. The van der Waals surface area contributed by atoms with Crippen molar-refractivity contribution in [2.24, 2.45) is 5.92 Å². The van der Waals surface area contributed by atoms with Crippen molar-refractivity contribution in [3.05, 3.63) is 35.9 Å². The van der Waals surface area contributed by atoms with Crippen LogP contribution in [-0.2, 0) is 39.9 Å². The van der Waals surface area contributed by atoms with Gasteiger partial charge in [-0.15, -0.1) is 0 Å². The van der Waals surface area contributed by atoms with Crippen molar-refractivity contribution in [3.8, 4) is 0 Å². The molecule has 0 spiro atoms. The lowest BCUT2D eigenvalue weighted by molar-refractivity contribution is -0.188. The lowest BCUT2D eigenvalue weighted by atomic mass is 9.82. The van der Waals surface area contributed by atoms with E-state index in [1.807, 2.05) is 30.3 Å². The first-order valence-corrected chi connectivity index (χ1v) is 8.98. The molecule has 7 heteroatoms. The highest BCUT2D eigenvalue weighted by Crippen LogP contribution is 2.32. The first-order valence-electron chi connectivity index (χ1n) is 8.98. The highest BCUT2D eigenvalue weighted by molar-refractivity contribution is 5.67. The summed E-state index contributed by atoms with van der Waals surface area (Å²) in [6, 6.07) is 9.68. The summed E-state index contributed by atoms with van der Waals surface area (Å²) in [5, 5.41) is 0. The second-order valence-corrected chi connectivity index (χ2v) is 6.69. The minimum atomic E-state index is -0.685. The maximum atomic E-state index is 11.6. The second-order valence-electron chi connectivity index (χ2n) is 6.69. The zero-order valence-electron chi connectivity index (χ0n) is 15.9. The molecule has 1 aliphatic rings. The Hall–Kier alpha value is -2.41. The average Bonchev–Trinajstić information content (AvgIpc) is 2.57. The Bertz CT molecular complexity index is 643. The minimum absolute atomic E-state index is 0.264. The molecule has 1 fully saturated rings. The highest BCUT2D eigenvalue weighted by atomic mass is 16.6. The van der Waals surface area contributed by atoms with Gasteiger partial charge in [0, 0.05) is 33.1 Å². The monoisotopic (exact) mass is 378 g/mol. The fourth-order valence-electron chi connectivity index (χ4n) is 3.35. The lowest BCUT2D eigenvalue weighted by Gasteiger charge is -2.39. The van der Waals surface area contributed by atoms with Gasteiger partial charge in [0.1, 0.15) is 18.3 Å². The van der Waals surface area contributed by atoms with Crippen LogP contribution in [0.15, 0.2) is 30.3 Å². The third-order valence-electron chi connectivity index (χ3n) is 4.29. The zero-order valence-corrected chi connectivity index (χ0v) is 15.9. The quantitative estimate of drug-likeness (QED) is 0.532. The van der Waals surface area contributed by atoms with Crippen molar-refractivity contribution < 1.29 is 33.3 Å². The van der Waals surface area contributed by atoms with Gasteiger partial charge in [0.25, 0.3) is 0 Å². The lowest BCUT2D eigenvalue weighted by Crippen LogP contribution is -2.49. The van der Waals surface area contributed by atoms with E-state index in [0.29, 0.717) is 13.0 Å². The Kier molecular flexibility index (Phi) is 7.79. The molecule has 7 nitrogen and oxygen atoms in total. The molecular formula is C20H26O7. The molecule has 1 aromatic carbocycles. The Labute approximate surface area is 158 Å². The molecule has 1 aromatic rings. The van der Waals surface area contributed by atoms with E-state index >= 15 is 0 Å². The van der Waals surface area contributed by atoms with Gasteiger partial charge in [0.15, 0.2) is 0 Å². The van der Waals surface area contributed by atoms with Gasteiger partial charge in [-0.25, -0.2) is 0 Å². The van der Waals surface area contributed by atoms with Gasteiger partial charge >= 0.3 is 17.9 Å². The van der Waals surface area contributed by atoms with Gasteiger partial charge in [-0.1, -0.05) is 30.3 Å². The minimum Gasteiger partial charge on any atom is -0.462 e. The largest absolute Gasteiger partial charge is 0.462 e. The highest BCUT2D eigenvalue weighted by Gasteiger charge is 2.43. The number of esters is 3. The van der Waals surface area contributed by atoms with Crippen molar-refractivity contribution in [2.45, 2.75) is 58.5 Å². The summed E-state index contributed by atoms with van der Waals surface area (Å²) in [7, 11) is 0. The maximum Gasteiger partial charge on any atom is 0.303 e. The summed E-state index contributed by atoms with van der Waals surface area (Å²) < 4.78 is 21.9. The van der Waals surface area contributed by atoms with Crippen LogP contribution >= 0.6 is 0 Å². The molecule has 4 atom stereocenters. The van der Waals surface area contributed by atoms with Crippen LogP contribution in [0.1, 0.15) is 39.2 Å². The molecular weight excluding hydrogens is 352 g/mol. The van der Waals surface area contributed by atoms with Crippen LogP contribution in [0.5, 0.6) is 0 Å². The van der Waals surface area contributed by atoms with Crippen LogP contribution in [0.25, 0.3) is 0 Å². The number of carbonyl (C=O) groups is 3. The van der Waals surface area contributed by atoms with Crippen molar-refractivity contribution in [1.82, 2.24) is 0 Å². The van der Waals surface area contributed by atoms with Crippen LogP contribution in [0.2, 0.25) is 0 Å². The van der Waals surface area contributed by atoms with Gasteiger partial charge in [-0.2, -0.15) is 0 Å². The van der Waals surface area contributed by atoms with E-state index in [1.54, 1.807) is 0 Å². The molecule has 0 saturated heterocycles. The van der Waals surface area contributed by atoms with Crippen molar-refractivity contribution in [3.63, 3.8) is 0 Å². The van der Waals surface area contributed by atoms with Gasteiger partial charge in [0.2, 0.25) is 0 Å². The Morgan fingerprint density at radius 2 is 1.52 bits per heavy atom. The molecule has 0 amide bonds. The predicted molar refractivity (Wildman–Crippen MR) is 95.5 cm³/mol. The molecule has 0 N–H and O–H groups in total. The standard InChI is InChI=1S/C20H26O7/c1-13(21)25-18-9-17(12-24-11-16-7-5-4-6-8-16)20(27-15(3)23)19(10-18)26-14(2)22/h4-8,17-20H,9-12H2,1-3H3/t17-,18+,19-,20+/m1/s1. The van der Waals surface area contributed by atoms with Crippen molar-refractivity contribution >= 4 is 17.9 Å². The summed E-state index contributed by atoms with van der Waals surface area (Å²) in [4.78, 5) is 34.4. The van der Waals surface area contributed by atoms with Gasteiger partial charge < -0.3 is 18.9 Å². The second kappa shape index (κ2) is 10.1. The zero-order chi connectivity index (χ0) is 19.8. The summed E-state index contributed by atoms with van der Waals surface area (Å²) in [5.74, 6) is -1.61. The molecule has 148 valence electrons. The fourth-order valence-corrected chi connectivity index (χ4v) is 3.35. The molecule has 0 aliphatic heterocycles. The molecule has 2 rings (SSSR count). The summed E-state index contributed by atoms with van der Waals surface area (Å²) in [6.07, 6.45) is -1.01. The SMILES string of the molecule is CC(=O)O[C@H]1C[C@H](COCc2ccccc2)[C@H](OC(C)=O)[C@H](OC(C)=O)C1. The third-order valence-corrected chi connectivity index (χ3v) is 4.29. The van der Waals surface area contributed by atoms with E-state index in [1.165, 1.54) is 20.8 Å². The number of hydrogen-bond donors (Lipinski definition) is 0. The van der Waals surface area contributed by atoms with E-state index in [-0.39, 0.29) is 18.9 Å². The van der Waals surface area contributed by atoms with E-state index < -0.39 is 36.2 Å². The third kappa shape index (κ3) is 7.02. The first-order chi connectivity index (χ1) is 12.8. The molecule has 0 unspecified atom stereocenters. The van der Waals surface area contributed by atoms with Crippen LogP contribution < -0.4 is 0 Å². The van der Waals surface area contributed by atoms with Crippen LogP contribution in [0.4, 0.5) is 0 Å². The summed E-state index contributed by atoms with van der Waals surface area (Å²) in [5.41, 5.74) is 1.02. The first kappa shape index (κ1) is 20.9. The fraction of sp³-hybridized carbons (Fsp3) is 0.550. The molecule has 0 radical (unpaired) electrons. The van der Waals surface area contributed by atoms with Gasteiger partial charge in [0.05, 0.1) is 13.2 Å². The number of hydrogen-bond acceptors (Lipinski definition) is 7. The molecule has 0 aromatic heterocycles. The summed E-state index contributed by atoms with van der Waals surface area (Å²) >= 11 is 0. The molecule has 0 heterocycles. The molecule has 0 bridgehead atoms. The van der Waals surface area contributed by atoms with Crippen LogP contribution in [0.3, 0.4) is 0 Å². The molecule has 1 saturated carbocycles. The topological polar surface area (TPSA) is 88.1 Å². The van der Waals surface area contributed by atoms with Crippen LogP contribution in [0, 0.1) is 5.92 Å². The number of ether oxygens (including phenoxy) is 4. The molecule has 1 aliphatic carbocycles. The Balaban J connectivity index is 2.08. The Morgan fingerprint density at radius 1 is 0.889 bits per heavy atom. The maximum absolute atomic E-state index is 11.6. The smallest absolute Gasteiger partial charge is 0.303 e. The summed E-state index contributed by atoms with van der Waals surface area (Å²) in [6.45, 7) is 4.62. The number of benzene rings is 1. The van der Waals surface area contributed by atoms with E-state index in [9.17, 15) is 14.4 Å². The van der Waals surface area contributed by atoms with E-state index in [0.717, 1.165) is 5.56 Å². The number of rotatable bonds is 7. The van der Waals surface area contributed by atoms with Crippen molar-refractivity contribution in [1.29, 1.82) is 0 Å². The average molecular weight is 378 g/mol. The van der Waals surface area contributed by atoms with Crippen LogP contribution in [-0.4, -0.2) is 42.8 Å². The normalized spacial score (nSPS) is 24.7. The van der Waals surface area contributed by atoms with E-state index in [4.69, 9.17) is 18.9 Å². The molecule has 27 heavy (non-hydrogen) atoms. The Morgan fingerprint density at radius 3 is 2.11 bits per heavy atom. The predicted octanol–water partition coefficient (Wildman–Crippen LogP) is 2.41. The van der Waals surface area contributed by atoms with E-state index in [2.05, 4.69) is 0 Å². The van der Waals surface area contributed by atoms with Gasteiger partial charge in [-0.05, 0) is 12.0 Å².